The number of amides is 1. The highest BCUT2D eigenvalue weighted by molar-refractivity contribution is 14.1. The number of rotatable bonds is 3. The summed E-state index contributed by atoms with van der Waals surface area (Å²) in [7, 11) is 1.77. The topological polar surface area (TPSA) is 20.3 Å². The van der Waals surface area contributed by atoms with E-state index in [0.29, 0.717) is 11.4 Å². The molecule has 1 aromatic carbocycles. The van der Waals surface area contributed by atoms with E-state index in [2.05, 4.69) is 38.5 Å². The average Bonchev–Trinajstić information content (AvgIpc) is 2.29. The van der Waals surface area contributed by atoms with Crippen molar-refractivity contribution in [2.24, 2.45) is 0 Å². The molecular weight excluding hydrogens is 404 g/mol. The molecule has 2 nitrogen and oxygen atoms in total. The van der Waals surface area contributed by atoms with Crippen LogP contribution in [0.4, 0.5) is 0 Å². The summed E-state index contributed by atoms with van der Waals surface area (Å²) >= 11 is 11.3. The van der Waals surface area contributed by atoms with Crippen molar-refractivity contribution in [1.82, 2.24) is 4.90 Å². The first kappa shape index (κ1) is 14.3. The molecule has 0 aliphatic rings. The molecule has 1 aromatic rings. The molecule has 1 unspecified atom stereocenters. The standard InChI is InChI=1S/C11H12BrClINO/c1-7(6-13)15(2)11(16)9-5-8(14)3-4-10(9)12/h3-5,7H,6H2,1-2H3. The van der Waals surface area contributed by atoms with Crippen molar-refractivity contribution in [2.75, 3.05) is 12.9 Å². The van der Waals surface area contributed by atoms with Crippen LogP contribution in [-0.4, -0.2) is 29.8 Å². The van der Waals surface area contributed by atoms with Crippen molar-refractivity contribution in [2.45, 2.75) is 13.0 Å². The zero-order chi connectivity index (χ0) is 12.3. The SMILES string of the molecule is CC(CCl)N(C)C(=O)c1cc(I)ccc1Br. The van der Waals surface area contributed by atoms with Crippen LogP contribution >= 0.6 is 50.1 Å². The molecule has 0 radical (unpaired) electrons. The minimum atomic E-state index is -0.0152. The molecule has 0 saturated carbocycles. The maximum absolute atomic E-state index is 12.2. The summed E-state index contributed by atoms with van der Waals surface area (Å²) < 4.78 is 1.85. The van der Waals surface area contributed by atoms with Gasteiger partial charge in [0.1, 0.15) is 0 Å². The van der Waals surface area contributed by atoms with Crippen molar-refractivity contribution < 1.29 is 4.79 Å². The lowest BCUT2D eigenvalue weighted by Crippen LogP contribution is -2.36. The predicted molar refractivity (Wildman–Crippen MR) is 79.1 cm³/mol. The van der Waals surface area contributed by atoms with Gasteiger partial charge in [-0.25, -0.2) is 0 Å². The van der Waals surface area contributed by atoms with Crippen molar-refractivity contribution >= 4 is 56.0 Å². The van der Waals surface area contributed by atoms with Gasteiger partial charge in [0.05, 0.1) is 5.56 Å². The Labute approximate surface area is 123 Å². The lowest BCUT2D eigenvalue weighted by molar-refractivity contribution is 0.0755. The van der Waals surface area contributed by atoms with Gasteiger partial charge in [-0.3, -0.25) is 4.79 Å². The summed E-state index contributed by atoms with van der Waals surface area (Å²) in [6, 6.07) is 5.73. The van der Waals surface area contributed by atoms with Gasteiger partial charge in [-0.2, -0.15) is 0 Å². The van der Waals surface area contributed by atoms with Crippen molar-refractivity contribution in [3.63, 3.8) is 0 Å². The van der Waals surface area contributed by atoms with Crippen molar-refractivity contribution in [1.29, 1.82) is 0 Å². The van der Waals surface area contributed by atoms with E-state index in [4.69, 9.17) is 11.6 Å². The molecule has 5 heteroatoms. The Morgan fingerprint density at radius 2 is 2.25 bits per heavy atom. The van der Waals surface area contributed by atoms with Gasteiger partial charge in [0.15, 0.2) is 0 Å². The summed E-state index contributed by atoms with van der Waals surface area (Å²) in [6.07, 6.45) is 0. The van der Waals surface area contributed by atoms with Gasteiger partial charge in [0.25, 0.3) is 5.91 Å². The third kappa shape index (κ3) is 3.34. The molecular formula is C11H12BrClINO. The van der Waals surface area contributed by atoms with Crippen LogP contribution in [0, 0.1) is 3.57 Å². The van der Waals surface area contributed by atoms with Crippen LogP contribution in [0.5, 0.6) is 0 Å². The van der Waals surface area contributed by atoms with E-state index >= 15 is 0 Å². The molecule has 88 valence electrons. The normalized spacial score (nSPS) is 12.3. The smallest absolute Gasteiger partial charge is 0.255 e. The van der Waals surface area contributed by atoms with E-state index in [1.807, 2.05) is 25.1 Å². The lowest BCUT2D eigenvalue weighted by Gasteiger charge is -2.23. The Kier molecular flexibility index (Phi) is 5.53. The van der Waals surface area contributed by atoms with E-state index in [1.165, 1.54) is 0 Å². The van der Waals surface area contributed by atoms with Gasteiger partial charge in [0, 0.05) is 27.0 Å². The van der Waals surface area contributed by atoms with Crippen LogP contribution < -0.4 is 0 Å². The number of nitrogens with zero attached hydrogens (tertiary/aromatic N) is 1. The Morgan fingerprint density at radius 3 is 2.81 bits per heavy atom. The predicted octanol–water partition coefficient (Wildman–Crippen LogP) is 3.75. The molecule has 1 atom stereocenters. The molecule has 0 fully saturated rings. The minimum Gasteiger partial charge on any atom is -0.338 e. The quantitative estimate of drug-likeness (QED) is 0.543. The highest BCUT2D eigenvalue weighted by Gasteiger charge is 2.19. The molecule has 0 spiro atoms. The molecule has 0 N–H and O–H groups in total. The second-order valence-electron chi connectivity index (χ2n) is 3.54. The fraction of sp³-hybridized carbons (Fsp3) is 0.364. The number of hydrogen-bond donors (Lipinski definition) is 0. The number of carbonyl (C=O) groups excluding carboxylic acids is 1. The average molecular weight is 416 g/mol. The first-order valence-electron chi connectivity index (χ1n) is 4.75. The van der Waals surface area contributed by atoms with Crippen LogP contribution in [0.25, 0.3) is 0 Å². The molecule has 0 heterocycles. The fourth-order valence-electron chi connectivity index (χ4n) is 1.16. The number of hydrogen-bond acceptors (Lipinski definition) is 1. The largest absolute Gasteiger partial charge is 0.338 e. The van der Waals surface area contributed by atoms with Gasteiger partial charge in [0.2, 0.25) is 0 Å². The van der Waals surface area contributed by atoms with Crippen LogP contribution in [0.1, 0.15) is 17.3 Å². The Morgan fingerprint density at radius 1 is 1.62 bits per heavy atom. The van der Waals surface area contributed by atoms with Gasteiger partial charge in [-0.1, -0.05) is 0 Å². The van der Waals surface area contributed by atoms with E-state index in [-0.39, 0.29) is 11.9 Å². The molecule has 0 bridgehead atoms. The second kappa shape index (κ2) is 6.21. The van der Waals surface area contributed by atoms with E-state index in [1.54, 1.807) is 11.9 Å². The Hall–Kier alpha value is 0.190. The van der Waals surface area contributed by atoms with Crippen molar-refractivity contribution in [3.8, 4) is 0 Å². The first-order chi connectivity index (χ1) is 7.47. The highest BCUT2D eigenvalue weighted by atomic mass is 127. The van der Waals surface area contributed by atoms with E-state index in [0.717, 1.165) is 8.04 Å². The number of alkyl halides is 1. The molecule has 0 aromatic heterocycles. The molecule has 0 aliphatic carbocycles. The van der Waals surface area contributed by atoms with Gasteiger partial charge in [-0.15, -0.1) is 11.6 Å². The Balaban J connectivity index is 3.00. The van der Waals surface area contributed by atoms with Crippen LogP contribution in [0.15, 0.2) is 22.7 Å². The summed E-state index contributed by atoms with van der Waals surface area (Å²) in [5.41, 5.74) is 0.673. The first-order valence-corrected chi connectivity index (χ1v) is 7.16. The van der Waals surface area contributed by atoms with E-state index in [9.17, 15) is 4.79 Å². The lowest BCUT2D eigenvalue weighted by atomic mass is 10.2. The Bertz CT molecular complexity index is 400. The third-order valence-corrected chi connectivity index (χ3v) is 4.17. The molecule has 0 saturated heterocycles. The zero-order valence-electron chi connectivity index (χ0n) is 9.01. The fourth-order valence-corrected chi connectivity index (χ4v) is 2.27. The monoisotopic (exact) mass is 415 g/mol. The van der Waals surface area contributed by atoms with Crippen LogP contribution in [0.2, 0.25) is 0 Å². The number of carbonyl (C=O) groups is 1. The summed E-state index contributed by atoms with van der Waals surface area (Å²) in [4.78, 5) is 13.8. The maximum atomic E-state index is 12.2. The van der Waals surface area contributed by atoms with Crippen molar-refractivity contribution in [3.05, 3.63) is 31.8 Å². The van der Waals surface area contributed by atoms with Gasteiger partial charge >= 0.3 is 0 Å². The summed E-state index contributed by atoms with van der Waals surface area (Å²) in [6.45, 7) is 1.92. The number of halogens is 3. The summed E-state index contributed by atoms with van der Waals surface area (Å²) in [5.74, 6) is 0.419. The molecule has 1 amide bonds. The minimum absolute atomic E-state index is 0.0152. The molecule has 0 aliphatic heterocycles. The highest BCUT2D eigenvalue weighted by Crippen LogP contribution is 2.21. The van der Waals surface area contributed by atoms with Gasteiger partial charge in [-0.05, 0) is 63.6 Å². The zero-order valence-corrected chi connectivity index (χ0v) is 13.5. The molecule has 1 rings (SSSR count). The molecule has 16 heavy (non-hydrogen) atoms. The third-order valence-electron chi connectivity index (χ3n) is 2.36. The van der Waals surface area contributed by atoms with E-state index < -0.39 is 0 Å². The number of benzene rings is 1. The van der Waals surface area contributed by atoms with Crippen LogP contribution in [0.3, 0.4) is 0 Å². The second-order valence-corrected chi connectivity index (χ2v) is 5.95. The van der Waals surface area contributed by atoms with Crippen LogP contribution in [-0.2, 0) is 0 Å². The maximum Gasteiger partial charge on any atom is 0.255 e. The van der Waals surface area contributed by atoms with Gasteiger partial charge < -0.3 is 4.90 Å². The summed E-state index contributed by atoms with van der Waals surface area (Å²) in [5, 5.41) is 0.